The Morgan fingerprint density at radius 1 is 1.14 bits per heavy atom. The Morgan fingerprint density at radius 2 is 1.92 bits per heavy atom. The number of nitrogens with one attached hydrogen (secondary N) is 2. The molecule has 2 atom stereocenters. The average Bonchev–Trinajstić information content (AvgIpc) is 3.18. The summed E-state index contributed by atoms with van der Waals surface area (Å²) in [5.41, 5.74) is 2.40. The molecule has 0 saturated carbocycles. The molecule has 5 rings (SSSR count). The Morgan fingerprint density at radius 3 is 2.57 bits per heavy atom. The van der Waals surface area contributed by atoms with Gasteiger partial charge in [-0.3, -0.25) is 4.68 Å². The van der Waals surface area contributed by atoms with Crippen LogP contribution in [0.3, 0.4) is 0 Å². The third-order valence-electron chi connectivity index (χ3n) is 6.61. The maximum absolute atomic E-state index is 14.1. The minimum absolute atomic E-state index is 0.00735. The molecule has 12 heteroatoms. The molecule has 1 saturated heterocycles. The van der Waals surface area contributed by atoms with Crippen LogP contribution in [-0.4, -0.2) is 58.0 Å². The minimum atomic E-state index is -3.27. The molecule has 0 radical (unpaired) electrons. The van der Waals surface area contributed by atoms with Crippen LogP contribution in [0.25, 0.3) is 22.2 Å². The first kappa shape index (κ1) is 25.0. The largest absolute Gasteiger partial charge is 0.365 e. The molecule has 37 heavy (non-hydrogen) atoms. The van der Waals surface area contributed by atoms with E-state index in [2.05, 4.69) is 61.0 Å². The molecule has 10 nitrogen and oxygen atoms in total. The summed E-state index contributed by atoms with van der Waals surface area (Å²) in [7, 11) is -1.64. The third-order valence-corrected chi connectivity index (χ3v) is 7.34. The van der Waals surface area contributed by atoms with E-state index in [0.717, 1.165) is 16.5 Å². The number of sulfonamides is 1. The van der Waals surface area contributed by atoms with Gasteiger partial charge in [0.05, 0.1) is 17.9 Å². The van der Waals surface area contributed by atoms with Gasteiger partial charge in [-0.25, -0.2) is 28.1 Å². The van der Waals surface area contributed by atoms with Crippen molar-refractivity contribution in [2.45, 2.75) is 38.8 Å². The second kappa shape index (κ2) is 9.34. The predicted molar refractivity (Wildman–Crippen MR) is 142 cm³/mol. The molecule has 194 valence electrons. The van der Waals surface area contributed by atoms with Gasteiger partial charge in [0.25, 0.3) is 0 Å². The van der Waals surface area contributed by atoms with E-state index in [9.17, 15) is 12.8 Å². The number of halogens is 1. The van der Waals surface area contributed by atoms with Gasteiger partial charge in [-0.1, -0.05) is 19.9 Å². The first-order valence-corrected chi connectivity index (χ1v) is 13.9. The van der Waals surface area contributed by atoms with E-state index in [1.165, 1.54) is 22.7 Å². The molecule has 1 fully saturated rings. The van der Waals surface area contributed by atoms with E-state index in [4.69, 9.17) is 0 Å². The number of hydrogen-bond acceptors (Lipinski definition) is 8. The molecule has 0 spiro atoms. The zero-order valence-electron chi connectivity index (χ0n) is 21.3. The molecule has 0 unspecified atom stereocenters. The molecule has 4 aromatic rings. The summed E-state index contributed by atoms with van der Waals surface area (Å²) in [4.78, 5) is 15.4. The number of pyridine rings is 1. The molecule has 4 heterocycles. The quantitative estimate of drug-likeness (QED) is 0.377. The second-order valence-electron chi connectivity index (χ2n) is 9.73. The highest BCUT2D eigenvalue weighted by Crippen LogP contribution is 2.38. The number of anilines is 3. The summed E-state index contributed by atoms with van der Waals surface area (Å²) >= 11 is 0. The van der Waals surface area contributed by atoms with Crippen LogP contribution in [0, 0.1) is 5.95 Å². The molecule has 3 aromatic heterocycles. The van der Waals surface area contributed by atoms with Crippen LogP contribution in [0.5, 0.6) is 0 Å². The van der Waals surface area contributed by atoms with Crippen molar-refractivity contribution in [2.24, 2.45) is 7.05 Å². The fourth-order valence-electron chi connectivity index (χ4n) is 4.71. The number of nitrogens with zero attached hydrogens (tertiary/aromatic N) is 6. The number of aromatic nitrogens is 5. The zero-order valence-corrected chi connectivity index (χ0v) is 22.1. The third kappa shape index (κ3) is 4.98. The van der Waals surface area contributed by atoms with Crippen molar-refractivity contribution in [3.05, 3.63) is 54.4 Å². The van der Waals surface area contributed by atoms with Gasteiger partial charge >= 0.3 is 0 Å². The van der Waals surface area contributed by atoms with Gasteiger partial charge in [0, 0.05) is 49.3 Å². The van der Waals surface area contributed by atoms with Crippen LogP contribution in [0.1, 0.15) is 32.3 Å². The second-order valence-corrected chi connectivity index (χ2v) is 11.5. The van der Waals surface area contributed by atoms with Crippen molar-refractivity contribution in [2.75, 3.05) is 23.0 Å². The standard InChI is InChI=1S/C25H29FN8O2S/c1-14(2)16-6-7-21(34-13-20(15(34)3)32-37(5,35)36)18-11-28-23(10-17(16)18)29-22-8-9-27-25(30-22)19-12-33(4)31-24(19)26/h6-12,14-15,20,32H,13H2,1-5H3,(H,27,28,29,30)/t15-,20+/m1/s1. The van der Waals surface area contributed by atoms with Crippen LogP contribution in [-0.2, 0) is 17.1 Å². The zero-order chi connectivity index (χ0) is 26.5. The number of hydrogen-bond donors (Lipinski definition) is 2. The van der Waals surface area contributed by atoms with Crippen LogP contribution in [0.15, 0.2) is 42.9 Å². The van der Waals surface area contributed by atoms with Crippen LogP contribution >= 0.6 is 0 Å². The highest BCUT2D eigenvalue weighted by atomic mass is 32.2. The van der Waals surface area contributed by atoms with E-state index < -0.39 is 16.0 Å². The Hall–Kier alpha value is -3.64. The highest BCUT2D eigenvalue weighted by molar-refractivity contribution is 7.88. The number of benzene rings is 1. The molecule has 0 bridgehead atoms. The lowest BCUT2D eigenvalue weighted by molar-refractivity contribution is 0.376. The molecule has 2 N–H and O–H groups in total. The van der Waals surface area contributed by atoms with Gasteiger partial charge in [-0.15, -0.1) is 5.10 Å². The Bertz CT molecular complexity index is 1590. The molecule has 0 amide bonds. The van der Waals surface area contributed by atoms with Crippen LogP contribution < -0.4 is 14.9 Å². The summed E-state index contributed by atoms with van der Waals surface area (Å²) < 4.78 is 41.6. The molecule has 0 aliphatic carbocycles. The minimum Gasteiger partial charge on any atom is -0.365 e. The van der Waals surface area contributed by atoms with E-state index in [-0.39, 0.29) is 29.4 Å². The predicted octanol–water partition coefficient (Wildman–Crippen LogP) is 3.56. The highest BCUT2D eigenvalue weighted by Gasteiger charge is 2.38. The van der Waals surface area contributed by atoms with E-state index in [0.29, 0.717) is 18.2 Å². The van der Waals surface area contributed by atoms with E-state index in [1.807, 2.05) is 19.2 Å². The maximum Gasteiger partial charge on any atom is 0.243 e. The van der Waals surface area contributed by atoms with E-state index >= 15 is 0 Å². The van der Waals surface area contributed by atoms with Gasteiger partial charge in [-0.05, 0) is 42.0 Å². The monoisotopic (exact) mass is 524 g/mol. The number of fused-ring (bicyclic) bond motifs is 1. The summed E-state index contributed by atoms with van der Waals surface area (Å²) in [6.45, 7) is 6.87. The smallest absolute Gasteiger partial charge is 0.243 e. The van der Waals surface area contributed by atoms with Gasteiger partial charge in [0.1, 0.15) is 11.6 Å². The number of rotatable bonds is 7. The lowest BCUT2D eigenvalue weighted by Gasteiger charge is -2.48. The Labute approximate surface area is 215 Å². The molecular formula is C25H29FN8O2S. The molecular weight excluding hydrogens is 495 g/mol. The first-order chi connectivity index (χ1) is 17.5. The van der Waals surface area contributed by atoms with Crippen LogP contribution in [0.2, 0.25) is 0 Å². The summed E-state index contributed by atoms with van der Waals surface area (Å²) in [5, 5.41) is 8.97. The molecule has 1 aromatic carbocycles. The summed E-state index contributed by atoms with van der Waals surface area (Å²) in [6.07, 6.45) is 6.10. The normalized spacial score (nSPS) is 17.9. The lowest BCUT2D eigenvalue weighted by atomic mass is 9.92. The fourth-order valence-corrected chi connectivity index (χ4v) is 5.53. The van der Waals surface area contributed by atoms with Gasteiger partial charge < -0.3 is 10.2 Å². The van der Waals surface area contributed by atoms with Crippen molar-refractivity contribution < 1.29 is 12.8 Å². The Kier molecular flexibility index (Phi) is 6.32. The van der Waals surface area contributed by atoms with Crippen LogP contribution in [0.4, 0.5) is 21.7 Å². The van der Waals surface area contributed by atoms with E-state index in [1.54, 1.807) is 19.3 Å². The average molecular weight is 525 g/mol. The fraction of sp³-hybridized carbons (Fsp3) is 0.360. The first-order valence-electron chi connectivity index (χ1n) is 12.0. The summed E-state index contributed by atoms with van der Waals surface area (Å²) in [5.74, 6) is 0.946. The lowest BCUT2D eigenvalue weighted by Crippen LogP contribution is -2.65. The van der Waals surface area contributed by atoms with Crippen molar-refractivity contribution in [3.63, 3.8) is 0 Å². The number of aryl methyl sites for hydroxylation is 1. The maximum atomic E-state index is 14.1. The van der Waals surface area contributed by atoms with Crippen molar-refractivity contribution in [1.82, 2.24) is 29.5 Å². The Balaban J connectivity index is 1.47. The topological polar surface area (TPSA) is 118 Å². The van der Waals surface area contributed by atoms with Gasteiger partial charge in [-0.2, -0.15) is 4.39 Å². The van der Waals surface area contributed by atoms with Gasteiger partial charge in [0.2, 0.25) is 16.0 Å². The van der Waals surface area contributed by atoms with Crippen molar-refractivity contribution in [1.29, 1.82) is 0 Å². The SMILES string of the molecule is CC(C)c1ccc(N2C[C@H](NS(C)(=O)=O)[C@H]2C)c2cnc(Nc3ccnc(-c4cn(C)nc4F)n3)cc12. The van der Waals surface area contributed by atoms with Crippen molar-refractivity contribution >= 4 is 38.1 Å². The molecule has 1 aliphatic heterocycles. The summed E-state index contributed by atoms with van der Waals surface area (Å²) in [6, 6.07) is 7.74. The molecule has 1 aliphatic rings. The van der Waals surface area contributed by atoms with Crippen molar-refractivity contribution in [3.8, 4) is 11.4 Å². The van der Waals surface area contributed by atoms with Gasteiger partial charge in [0.15, 0.2) is 5.82 Å².